The third-order valence-electron chi connectivity index (χ3n) is 6.10. The number of fused-ring (bicyclic) bond motifs is 1. The normalized spacial score (nSPS) is 13.7. The molecule has 0 aliphatic carbocycles. The van der Waals surface area contributed by atoms with E-state index >= 15 is 0 Å². The van der Waals surface area contributed by atoms with Crippen LogP contribution in [0.1, 0.15) is 16.1 Å². The van der Waals surface area contributed by atoms with Crippen LogP contribution in [-0.2, 0) is 6.54 Å². The van der Waals surface area contributed by atoms with Gasteiger partial charge in [0.05, 0.1) is 50.1 Å². The highest BCUT2D eigenvalue weighted by Gasteiger charge is 2.27. The van der Waals surface area contributed by atoms with Gasteiger partial charge < -0.3 is 14.5 Å². The van der Waals surface area contributed by atoms with Crippen LogP contribution >= 0.6 is 45.2 Å². The first-order chi connectivity index (χ1) is 17.9. The number of carbonyl (C=O) groups is 1. The Kier molecular flexibility index (Phi) is 7.45. The zero-order valence-electron chi connectivity index (χ0n) is 19.9. The van der Waals surface area contributed by atoms with E-state index in [1.54, 1.807) is 38.9 Å². The first kappa shape index (κ1) is 25.6. The number of hydrogen-bond donors (Lipinski definition) is 2. The second-order valence-corrected chi connectivity index (χ2v) is 10.6. The lowest BCUT2D eigenvalue weighted by atomic mass is 10.00. The van der Waals surface area contributed by atoms with Crippen LogP contribution in [0.3, 0.4) is 0 Å². The van der Waals surface area contributed by atoms with Gasteiger partial charge in [0.15, 0.2) is 0 Å². The Morgan fingerprint density at radius 1 is 1.16 bits per heavy atom. The molecule has 0 saturated carbocycles. The lowest BCUT2D eigenvalue weighted by Crippen LogP contribution is -2.45. The van der Waals surface area contributed by atoms with E-state index in [2.05, 4.69) is 81.4 Å². The fraction of sp³-hybridized carbons (Fsp3) is 0.240. The third kappa shape index (κ3) is 4.94. The molecule has 2 aromatic carbocycles. The number of H-pyrrole nitrogens is 1. The van der Waals surface area contributed by atoms with Crippen LogP contribution in [0.15, 0.2) is 36.8 Å². The van der Waals surface area contributed by atoms with Gasteiger partial charge in [-0.15, -0.1) is 0 Å². The molecule has 12 heteroatoms. The minimum Gasteiger partial charge on any atom is -0.495 e. The van der Waals surface area contributed by atoms with Crippen LogP contribution in [0.2, 0.25) is 0 Å². The molecule has 0 atom stereocenters. The number of hydrogen-bond acceptors (Lipinski definition) is 8. The molecule has 1 aliphatic heterocycles. The molecule has 10 nitrogen and oxygen atoms in total. The first-order valence-electron chi connectivity index (χ1n) is 11.2. The SMILES string of the molecule is COc1cc(OC)c(I)c(-c2ccc(C(=O)Nc3nc(CN4CC(C#N)C4)c[nH]3)c3nccnc23)c1I. The summed E-state index contributed by atoms with van der Waals surface area (Å²) in [5.41, 5.74) is 3.95. The fourth-order valence-corrected chi connectivity index (χ4v) is 6.64. The second kappa shape index (κ2) is 10.8. The molecule has 1 aliphatic rings. The van der Waals surface area contributed by atoms with E-state index in [0.29, 0.717) is 40.6 Å². The molecule has 0 radical (unpaired) electrons. The van der Waals surface area contributed by atoms with Gasteiger partial charge in [-0.05, 0) is 51.2 Å². The Morgan fingerprint density at radius 3 is 2.49 bits per heavy atom. The average molecular weight is 721 g/mol. The summed E-state index contributed by atoms with van der Waals surface area (Å²) in [6.45, 7) is 2.09. The van der Waals surface area contributed by atoms with Gasteiger partial charge in [-0.1, -0.05) is 6.07 Å². The number of nitrogens with one attached hydrogen (secondary N) is 2. The van der Waals surface area contributed by atoms with Crippen LogP contribution in [0.25, 0.3) is 22.2 Å². The number of methoxy groups -OCH3 is 2. The van der Waals surface area contributed by atoms with Gasteiger partial charge in [0.2, 0.25) is 5.95 Å². The molecule has 1 amide bonds. The van der Waals surface area contributed by atoms with Crippen molar-refractivity contribution in [1.82, 2.24) is 24.8 Å². The first-order valence-corrected chi connectivity index (χ1v) is 13.4. The Morgan fingerprint density at radius 2 is 1.84 bits per heavy atom. The van der Waals surface area contributed by atoms with E-state index < -0.39 is 0 Å². The lowest BCUT2D eigenvalue weighted by Gasteiger charge is -2.34. The molecule has 0 bridgehead atoms. The predicted octanol–water partition coefficient (Wildman–Crippen LogP) is 4.45. The zero-order valence-corrected chi connectivity index (χ0v) is 24.2. The van der Waals surface area contributed by atoms with Gasteiger partial charge in [-0.3, -0.25) is 25.0 Å². The zero-order chi connectivity index (χ0) is 26.1. The minimum absolute atomic E-state index is 0.0834. The molecule has 4 aromatic rings. The van der Waals surface area contributed by atoms with Crippen LogP contribution in [0.4, 0.5) is 5.95 Å². The van der Waals surface area contributed by atoms with Crippen molar-refractivity contribution in [2.24, 2.45) is 5.92 Å². The van der Waals surface area contributed by atoms with E-state index in [0.717, 1.165) is 37.1 Å². The van der Waals surface area contributed by atoms with Crippen molar-refractivity contribution in [2.75, 3.05) is 32.6 Å². The van der Waals surface area contributed by atoms with Crippen molar-refractivity contribution in [3.63, 3.8) is 0 Å². The number of aromatic nitrogens is 4. The van der Waals surface area contributed by atoms with E-state index in [1.807, 2.05) is 12.1 Å². The molecule has 5 rings (SSSR count). The van der Waals surface area contributed by atoms with Crippen molar-refractivity contribution in [2.45, 2.75) is 6.54 Å². The van der Waals surface area contributed by atoms with E-state index in [9.17, 15) is 4.79 Å². The molecule has 2 aromatic heterocycles. The summed E-state index contributed by atoms with van der Waals surface area (Å²) in [6.07, 6.45) is 4.93. The van der Waals surface area contributed by atoms with Gasteiger partial charge >= 0.3 is 0 Å². The van der Waals surface area contributed by atoms with E-state index in [1.165, 1.54) is 0 Å². The van der Waals surface area contributed by atoms with Gasteiger partial charge in [-0.25, -0.2) is 4.98 Å². The summed E-state index contributed by atoms with van der Waals surface area (Å²) in [5, 5.41) is 11.8. The number of benzene rings is 2. The number of halogens is 2. The van der Waals surface area contributed by atoms with E-state index in [4.69, 9.17) is 14.7 Å². The Balaban J connectivity index is 1.46. The molecule has 2 N–H and O–H groups in total. The number of ether oxygens (including phenoxy) is 2. The summed E-state index contributed by atoms with van der Waals surface area (Å²) in [4.78, 5) is 32.0. The highest BCUT2D eigenvalue weighted by Crippen LogP contribution is 2.43. The lowest BCUT2D eigenvalue weighted by molar-refractivity contribution is 0.102. The maximum Gasteiger partial charge on any atom is 0.260 e. The number of nitriles is 1. The van der Waals surface area contributed by atoms with Crippen LogP contribution in [0, 0.1) is 24.4 Å². The highest BCUT2D eigenvalue weighted by atomic mass is 127. The molecular weight excluding hydrogens is 700 g/mol. The minimum atomic E-state index is -0.348. The fourth-order valence-electron chi connectivity index (χ4n) is 4.25. The van der Waals surface area contributed by atoms with Crippen LogP contribution in [-0.4, -0.2) is 58.1 Å². The summed E-state index contributed by atoms with van der Waals surface area (Å²) >= 11 is 4.50. The van der Waals surface area contributed by atoms with Crippen LogP contribution in [0.5, 0.6) is 11.5 Å². The second-order valence-electron chi connectivity index (χ2n) is 8.41. The molecule has 37 heavy (non-hydrogen) atoms. The molecular formula is C25H21I2N7O3. The molecule has 188 valence electrons. The van der Waals surface area contributed by atoms with Crippen LogP contribution < -0.4 is 14.8 Å². The molecule has 0 spiro atoms. The van der Waals surface area contributed by atoms with Gasteiger partial charge in [0, 0.05) is 55.4 Å². The van der Waals surface area contributed by atoms with Gasteiger partial charge in [0.25, 0.3) is 5.91 Å². The smallest absolute Gasteiger partial charge is 0.260 e. The number of likely N-dealkylation sites (tertiary alicyclic amines) is 1. The number of carbonyl (C=O) groups excluding carboxylic acids is 1. The molecule has 1 saturated heterocycles. The summed E-state index contributed by atoms with van der Waals surface area (Å²) < 4.78 is 13.0. The number of rotatable bonds is 7. The summed E-state index contributed by atoms with van der Waals surface area (Å²) in [6, 6.07) is 7.72. The maximum absolute atomic E-state index is 13.3. The number of nitrogens with zero attached hydrogens (tertiary/aromatic N) is 5. The van der Waals surface area contributed by atoms with E-state index in [-0.39, 0.29) is 11.8 Å². The molecule has 3 heterocycles. The third-order valence-corrected chi connectivity index (χ3v) is 8.24. The number of imidazole rings is 1. The number of anilines is 1. The molecule has 1 fully saturated rings. The monoisotopic (exact) mass is 721 g/mol. The topological polar surface area (TPSA) is 129 Å². The molecule has 0 unspecified atom stereocenters. The number of amides is 1. The van der Waals surface area contributed by atoms with Crippen molar-refractivity contribution >= 4 is 68.1 Å². The van der Waals surface area contributed by atoms with Gasteiger partial charge in [0.1, 0.15) is 17.0 Å². The predicted molar refractivity (Wildman–Crippen MR) is 154 cm³/mol. The quantitative estimate of drug-likeness (QED) is 0.268. The maximum atomic E-state index is 13.3. The number of aromatic amines is 1. The summed E-state index contributed by atoms with van der Waals surface area (Å²) in [7, 11) is 3.23. The Labute approximate surface area is 240 Å². The van der Waals surface area contributed by atoms with Crippen molar-refractivity contribution < 1.29 is 14.3 Å². The Bertz CT molecular complexity index is 1520. The Hall–Kier alpha value is -3.03. The highest BCUT2D eigenvalue weighted by molar-refractivity contribution is 14.1. The van der Waals surface area contributed by atoms with Gasteiger partial charge in [-0.2, -0.15) is 5.26 Å². The largest absolute Gasteiger partial charge is 0.495 e. The van der Waals surface area contributed by atoms with Crippen molar-refractivity contribution in [3.05, 3.63) is 55.2 Å². The van der Waals surface area contributed by atoms with Crippen molar-refractivity contribution in [3.8, 4) is 28.7 Å². The standard InChI is InChI=1S/C25H21I2N7O3/c1-36-17-7-18(37-2)21(27)19(20(17)26)15-3-4-16(23-22(15)29-5-6-30-23)24(35)33-25-31-9-14(32-25)12-34-10-13(8-28)11-34/h3-7,9,13H,10-12H2,1-2H3,(H2,31,32,33,35). The average Bonchev–Trinajstić information content (AvgIpc) is 3.32. The van der Waals surface area contributed by atoms with Crippen molar-refractivity contribution in [1.29, 1.82) is 5.26 Å². The summed E-state index contributed by atoms with van der Waals surface area (Å²) in [5.74, 6) is 1.45.